The van der Waals surface area contributed by atoms with Crippen LogP contribution in [0.5, 0.6) is 0 Å². The van der Waals surface area contributed by atoms with Crippen LogP contribution in [0.1, 0.15) is 25.2 Å². The van der Waals surface area contributed by atoms with Gasteiger partial charge in [-0.05, 0) is 20.8 Å². The number of hydrogen-bond acceptors (Lipinski definition) is 5. The Kier molecular flexibility index (Phi) is 2.71. The summed E-state index contributed by atoms with van der Waals surface area (Å²) in [7, 11) is -1.74. The van der Waals surface area contributed by atoms with Gasteiger partial charge in [-0.2, -0.15) is 9.78 Å². The molecule has 92 valence electrons. The fourth-order valence-electron chi connectivity index (χ4n) is 1.99. The van der Waals surface area contributed by atoms with Crippen molar-refractivity contribution in [2.75, 3.05) is 0 Å². The Labute approximate surface area is 97.4 Å². The molecule has 17 heavy (non-hydrogen) atoms. The van der Waals surface area contributed by atoms with Crippen LogP contribution in [0.4, 0.5) is 9.32 Å². The molecule has 1 aromatic heterocycles. The molecule has 1 aliphatic rings. The van der Waals surface area contributed by atoms with Gasteiger partial charge in [0.25, 0.3) is 0 Å². The number of ether oxygens (including phenoxy) is 1. The Bertz CT molecular complexity index is 474. The maximum atomic E-state index is 12.1. The fraction of sp³-hybridized carbons (Fsp3) is 0.556. The molecule has 6 nitrogen and oxygen atoms in total. The summed E-state index contributed by atoms with van der Waals surface area (Å²) in [5, 5.41) is 13.3. The Hall–Kier alpha value is -1.41. The van der Waals surface area contributed by atoms with Gasteiger partial charge in [0, 0.05) is 11.9 Å². The number of rotatable bonds is 2. The van der Waals surface area contributed by atoms with E-state index in [2.05, 4.69) is 9.96 Å². The van der Waals surface area contributed by atoms with Crippen molar-refractivity contribution in [3.63, 3.8) is 0 Å². The highest BCUT2D eigenvalue weighted by Gasteiger charge is 2.39. The Morgan fingerprint density at radius 3 is 2.88 bits per heavy atom. The van der Waals surface area contributed by atoms with Crippen LogP contribution in [0.15, 0.2) is 0 Å². The summed E-state index contributed by atoms with van der Waals surface area (Å²) in [6, 6.07) is 0. The third-order valence-electron chi connectivity index (χ3n) is 2.67. The van der Waals surface area contributed by atoms with Crippen molar-refractivity contribution in [1.82, 2.24) is 9.78 Å². The van der Waals surface area contributed by atoms with Crippen molar-refractivity contribution in [3.05, 3.63) is 11.4 Å². The molecule has 0 saturated carbocycles. The van der Waals surface area contributed by atoms with E-state index in [1.165, 1.54) is 0 Å². The van der Waals surface area contributed by atoms with E-state index >= 15 is 0 Å². The number of nitrogens with zero attached hydrogens (tertiary/aromatic N) is 2. The first-order valence-electron chi connectivity index (χ1n) is 5.13. The predicted octanol–water partition coefficient (Wildman–Crippen LogP) is 0.0995. The molecule has 0 radical (unpaired) electrons. The van der Waals surface area contributed by atoms with Gasteiger partial charge in [-0.25, -0.2) is 9.65 Å². The summed E-state index contributed by atoms with van der Waals surface area (Å²) in [6.07, 6.45) is -0.313. The van der Waals surface area contributed by atoms with Crippen LogP contribution in [0, 0.1) is 6.92 Å². The lowest BCUT2D eigenvalue weighted by Gasteiger charge is -2.30. The van der Waals surface area contributed by atoms with E-state index < -0.39 is 18.8 Å². The van der Waals surface area contributed by atoms with E-state index in [-0.39, 0.29) is 5.46 Å². The number of halogens is 1. The van der Waals surface area contributed by atoms with Crippen LogP contribution in [-0.2, 0) is 16.0 Å². The molecule has 1 N–H and O–H groups in total. The molecule has 0 spiro atoms. The molecule has 0 saturated heterocycles. The lowest BCUT2D eigenvalue weighted by atomic mass is 9.76. The van der Waals surface area contributed by atoms with Gasteiger partial charge in [-0.1, -0.05) is 4.53 Å². The van der Waals surface area contributed by atoms with Gasteiger partial charge in [-0.3, -0.25) is 0 Å². The van der Waals surface area contributed by atoms with Gasteiger partial charge in [0.15, 0.2) is 0 Å². The molecule has 1 aliphatic heterocycles. The SMILES string of the molecule is Cc1nn2c(c1B(O)OF)CC(C)(C)OC2=O. The van der Waals surface area contributed by atoms with E-state index in [0.717, 1.165) is 4.68 Å². The summed E-state index contributed by atoms with van der Waals surface area (Å²) < 4.78 is 18.2. The molecule has 2 heterocycles. The predicted molar refractivity (Wildman–Crippen MR) is 56.4 cm³/mol. The Morgan fingerprint density at radius 1 is 1.65 bits per heavy atom. The molecule has 0 amide bonds. The maximum Gasteiger partial charge on any atom is 0.533 e. The van der Waals surface area contributed by atoms with Gasteiger partial charge >= 0.3 is 13.2 Å². The molecule has 0 bridgehead atoms. The van der Waals surface area contributed by atoms with Crippen molar-refractivity contribution < 1.29 is 23.9 Å². The summed E-state index contributed by atoms with van der Waals surface area (Å²) in [5.41, 5.74) is 0.204. The third-order valence-corrected chi connectivity index (χ3v) is 2.67. The number of carbonyl (C=O) groups is 1. The first kappa shape index (κ1) is 12.1. The molecule has 0 aliphatic carbocycles. The van der Waals surface area contributed by atoms with E-state index in [9.17, 15) is 14.3 Å². The molecular formula is C9H12BFN2O4. The molecule has 1 aromatic rings. The number of aromatic nitrogens is 2. The average molecular weight is 242 g/mol. The Morgan fingerprint density at radius 2 is 2.29 bits per heavy atom. The van der Waals surface area contributed by atoms with Crippen LogP contribution < -0.4 is 5.46 Å². The minimum Gasteiger partial charge on any atom is -0.441 e. The summed E-state index contributed by atoms with van der Waals surface area (Å²) in [6.45, 7) is 5.01. The monoisotopic (exact) mass is 242 g/mol. The number of carbonyl (C=O) groups excluding carboxylic acids is 1. The van der Waals surface area contributed by atoms with Crippen LogP contribution in [0.3, 0.4) is 0 Å². The van der Waals surface area contributed by atoms with Gasteiger partial charge in [0.05, 0.1) is 11.4 Å². The minimum absolute atomic E-state index is 0.178. The van der Waals surface area contributed by atoms with Crippen molar-refractivity contribution in [3.8, 4) is 0 Å². The second kappa shape index (κ2) is 3.81. The normalized spacial score (nSPS) is 17.6. The zero-order valence-electron chi connectivity index (χ0n) is 9.73. The van der Waals surface area contributed by atoms with Gasteiger partial charge in [-0.15, -0.1) is 0 Å². The largest absolute Gasteiger partial charge is 0.533 e. The maximum absolute atomic E-state index is 12.1. The summed E-state index contributed by atoms with van der Waals surface area (Å²) >= 11 is 0. The minimum atomic E-state index is -1.74. The van der Waals surface area contributed by atoms with Crippen molar-refractivity contribution in [2.45, 2.75) is 32.8 Å². The highest BCUT2D eigenvalue weighted by molar-refractivity contribution is 6.60. The van der Waals surface area contributed by atoms with Crippen molar-refractivity contribution in [1.29, 1.82) is 0 Å². The molecular weight excluding hydrogens is 230 g/mol. The average Bonchev–Trinajstić information content (AvgIpc) is 2.52. The lowest BCUT2D eigenvalue weighted by Crippen LogP contribution is -2.44. The smallest absolute Gasteiger partial charge is 0.441 e. The zero-order valence-corrected chi connectivity index (χ0v) is 9.73. The highest BCUT2D eigenvalue weighted by Crippen LogP contribution is 2.23. The third kappa shape index (κ3) is 1.93. The second-order valence-electron chi connectivity index (χ2n) is 4.60. The number of cyclic esters (lactones) is 1. The molecule has 8 heteroatoms. The quantitative estimate of drug-likeness (QED) is 0.744. The molecule has 0 unspecified atom stereocenters. The van der Waals surface area contributed by atoms with E-state index in [4.69, 9.17) is 4.74 Å². The standard InChI is InChI=1S/C9H12BFN2O4/c1-5-7(10(15)17-11)6-4-9(2,3)16-8(14)13(6)12-5/h15H,4H2,1-3H3. The van der Waals surface area contributed by atoms with Gasteiger partial charge in [0.1, 0.15) is 5.60 Å². The van der Waals surface area contributed by atoms with Gasteiger partial charge < -0.3 is 9.76 Å². The van der Waals surface area contributed by atoms with E-state index in [1.54, 1.807) is 20.8 Å². The van der Waals surface area contributed by atoms with Crippen LogP contribution in [-0.4, -0.2) is 33.6 Å². The van der Waals surface area contributed by atoms with Crippen molar-refractivity contribution in [2.24, 2.45) is 0 Å². The molecule has 0 fully saturated rings. The Balaban J connectivity index is 2.55. The van der Waals surface area contributed by atoms with Crippen LogP contribution in [0.2, 0.25) is 0 Å². The topological polar surface area (TPSA) is 73.6 Å². The number of hydrogen-bond donors (Lipinski definition) is 1. The van der Waals surface area contributed by atoms with Gasteiger partial charge in [0.2, 0.25) is 0 Å². The summed E-state index contributed by atoms with van der Waals surface area (Å²) in [4.78, 5) is 15.0. The second-order valence-corrected chi connectivity index (χ2v) is 4.60. The number of aryl methyl sites for hydroxylation is 1. The van der Waals surface area contributed by atoms with Crippen molar-refractivity contribution >= 4 is 18.7 Å². The molecule has 0 aromatic carbocycles. The van der Waals surface area contributed by atoms with E-state index in [0.29, 0.717) is 17.8 Å². The lowest BCUT2D eigenvalue weighted by molar-refractivity contribution is -0.0269. The first-order chi connectivity index (χ1) is 7.85. The van der Waals surface area contributed by atoms with E-state index in [1.807, 2.05) is 0 Å². The fourth-order valence-corrected chi connectivity index (χ4v) is 1.99. The van der Waals surface area contributed by atoms with Crippen LogP contribution >= 0.6 is 0 Å². The zero-order chi connectivity index (χ0) is 12.8. The first-order valence-corrected chi connectivity index (χ1v) is 5.13. The molecule has 0 atom stereocenters. The molecule has 2 rings (SSSR count). The number of fused-ring (bicyclic) bond motifs is 1. The van der Waals surface area contributed by atoms with Crippen LogP contribution in [0.25, 0.3) is 0 Å². The highest BCUT2D eigenvalue weighted by atomic mass is 19.3. The summed E-state index contributed by atoms with van der Waals surface area (Å²) in [5.74, 6) is 0.